The van der Waals surface area contributed by atoms with Crippen molar-refractivity contribution >= 4 is 38.7 Å². The lowest BCUT2D eigenvalue weighted by molar-refractivity contribution is -0.134. The van der Waals surface area contributed by atoms with Crippen LogP contribution in [0, 0.1) is 5.82 Å². The molecule has 1 aliphatic rings. The number of hydrogen-bond donors (Lipinski definition) is 1. The largest absolute Gasteiger partial charge is 0.341 e. The maximum absolute atomic E-state index is 13.6. The van der Waals surface area contributed by atoms with Gasteiger partial charge in [-0.05, 0) is 60.6 Å². The van der Waals surface area contributed by atoms with Crippen molar-refractivity contribution in [3.8, 4) is 0 Å². The molecule has 0 radical (unpaired) electrons. The van der Waals surface area contributed by atoms with Gasteiger partial charge in [-0.15, -0.1) is 0 Å². The lowest BCUT2D eigenvalue weighted by atomic mass is 9.89. The van der Waals surface area contributed by atoms with Crippen LogP contribution in [-0.2, 0) is 21.2 Å². The van der Waals surface area contributed by atoms with Crippen LogP contribution >= 0.6 is 11.7 Å². The third-order valence-electron chi connectivity index (χ3n) is 6.56. The number of amides is 1. The highest BCUT2D eigenvalue weighted by molar-refractivity contribution is 7.89. The summed E-state index contributed by atoms with van der Waals surface area (Å²) in [5.74, 6) is -0.302. The van der Waals surface area contributed by atoms with E-state index in [0.29, 0.717) is 24.1 Å². The number of piperidine rings is 1. The van der Waals surface area contributed by atoms with E-state index >= 15 is 0 Å². The van der Waals surface area contributed by atoms with E-state index in [4.69, 9.17) is 0 Å². The van der Waals surface area contributed by atoms with Gasteiger partial charge in [-0.25, -0.2) is 12.8 Å². The van der Waals surface area contributed by atoms with Crippen molar-refractivity contribution in [2.75, 3.05) is 13.1 Å². The van der Waals surface area contributed by atoms with Crippen molar-refractivity contribution in [1.82, 2.24) is 18.4 Å². The molecule has 1 N–H and O–H groups in total. The highest BCUT2D eigenvalue weighted by atomic mass is 32.2. The summed E-state index contributed by atoms with van der Waals surface area (Å²) in [5, 5.41) is 0. The summed E-state index contributed by atoms with van der Waals surface area (Å²) in [6.45, 7) is 0.999. The molecule has 0 saturated carbocycles. The van der Waals surface area contributed by atoms with E-state index in [2.05, 4.69) is 13.5 Å². The van der Waals surface area contributed by atoms with Gasteiger partial charge in [-0.2, -0.15) is 13.5 Å². The SMILES string of the molecule is O=C([C@H](Cc1ccccc1)NS(=O)(=O)c1cccc2nsnc12)N1CCC(c2ccc(F)cc2)CC1. The van der Waals surface area contributed by atoms with Crippen molar-refractivity contribution in [1.29, 1.82) is 0 Å². The van der Waals surface area contributed by atoms with Gasteiger partial charge >= 0.3 is 0 Å². The minimum absolute atomic E-state index is 0.00892. The lowest BCUT2D eigenvalue weighted by Gasteiger charge is -2.34. The normalized spacial score (nSPS) is 15.8. The molecule has 5 rings (SSSR count). The number of nitrogens with one attached hydrogen (secondary N) is 1. The maximum atomic E-state index is 13.6. The first-order valence-electron chi connectivity index (χ1n) is 11.7. The summed E-state index contributed by atoms with van der Waals surface area (Å²) in [7, 11) is -4.05. The summed E-state index contributed by atoms with van der Waals surface area (Å²) in [6.07, 6.45) is 1.68. The van der Waals surface area contributed by atoms with Crippen LogP contribution in [0.3, 0.4) is 0 Å². The van der Waals surface area contributed by atoms with E-state index in [1.165, 1.54) is 18.2 Å². The van der Waals surface area contributed by atoms with Crippen molar-refractivity contribution in [2.24, 2.45) is 0 Å². The predicted octanol–water partition coefficient (Wildman–Crippen LogP) is 4.13. The van der Waals surface area contributed by atoms with Crippen LogP contribution in [0.15, 0.2) is 77.7 Å². The third-order valence-corrected chi connectivity index (χ3v) is 8.61. The van der Waals surface area contributed by atoms with Gasteiger partial charge in [0.05, 0.1) is 11.7 Å². The molecule has 10 heteroatoms. The third kappa shape index (κ3) is 5.30. The van der Waals surface area contributed by atoms with Gasteiger partial charge in [0.1, 0.15) is 27.8 Å². The molecule has 0 unspecified atom stereocenters. The average molecular weight is 525 g/mol. The lowest BCUT2D eigenvalue weighted by Crippen LogP contribution is -2.51. The molecule has 2 heterocycles. The Morgan fingerprint density at radius 3 is 2.44 bits per heavy atom. The molecule has 1 saturated heterocycles. The van der Waals surface area contributed by atoms with Crippen LogP contribution < -0.4 is 4.72 Å². The Morgan fingerprint density at radius 2 is 1.72 bits per heavy atom. The second-order valence-corrected chi connectivity index (χ2v) is 11.1. The number of carbonyl (C=O) groups excluding carboxylic acids is 1. The Hall–Kier alpha value is -3.21. The quantitative estimate of drug-likeness (QED) is 0.393. The molecule has 4 aromatic rings. The Balaban J connectivity index is 1.36. The van der Waals surface area contributed by atoms with Gasteiger partial charge in [-0.3, -0.25) is 4.79 Å². The summed E-state index contributed by atoms with van der Waals surface area (Å²) in [6, 6.07) is 19.7. The minimum Gasteiger partial charge on any atom is -0.341 e. The topological polar surface area (TPSA) is 92.3 Å². The Bertz CT molecular complexity index is 1450. The number of rotatable bonds is 7. The van der Waals surface area contributed by atoms with E-state index in [-0.39, 0.29) is 29.0 Å². The highest BCUT2D eigenvalue weighted by Gasteiger charge is 2.33. The van der Waals surface area contributed by atoms with E-state index in [1.807, 2.05) is 30.3 Å². The molecule has 3 aromatic carbocycles. The molecular formula is C26H25FN4O3S2. The van der Waals surface area contributed by atoms with E-state index in [9.17, 15) is 17.6 Å². The number of fused-ring (bicyclic) bond motifs is 1. The first kappa shape index (κ1) is 24.5. The van der Waals surface area contributed by atoms with Crippen molar-refractivity contribution < 1.29 is 17.6 Å². The van der Waals surface area contributed by atoms with Gasteiger partial charge in [0, 0.05) is 13.1 Å². The van der Waals surface area contributed by atoms with E-state index in [1.54, 1.807) is 29.2 Å². The van der Waals surface area contributed by atoms with Gasteiger partial charge in [0.2, 0.25) is 15.9 Å². The fraction of sp³-hybridized carbons (Fsp3) is 0.269. The molecule has 36 heavy (non-hydrogen) atoms. The number of likely N-dealkylation sites (tertiary alicyclic amines) is 1. The average Bonchev–Trinajstić information content (AvgIpc) is 3.38. The minimum atomic E-state index is -4.05. The molecule has 0 bridgehead atoms. The molecular weight excluding hydrogens is 499 g/mol. The number of nitrogens with zero attached hydrogens (tertiary/aromatic N) is 3. The summed E-state index contributed by atoms with van der Waals surface area (Å²) >= 11 is 0.945. The van der Waals surface area contributed by atoms with Gasteiger partial charge in [-0.1, -0.05) is 48.5 Å². The van der Waals surface area contributed by atoms with E-state index < -0.39 is 16.1 Å². The molecule has 1 atom stereocenters. The fourth-order valence-corrected chi connectivity index (χ4v) is 6.62. The first-order chi connectivity index (χ1) is 17.4. The first-order valence-corrected chi connectivity index (χ1v) is 13.9. The Kier molecular flexibility index (Phi) is 7.08. The molecule has 1 aromatic heterocycles. The zero-order valence-corrected chi connectivity index (χ0v) is 21.0. The second-order valence-electron chi connectivity index (χ2n) is 8.90. The number of benzene rings is 3. The second kappa shape index (κ2) is 10.4. The van der Waals surface area contributed by atoms with Crippen LogP contribution in [0.25, 0.3) is 11.0 Å². The van der Waals surface area contributed by atoms with Crippen molar-refractivity contribution in [3.63, 3.8) is 0 Å². The van der Waals surface area contributed by atoms with Crippen molar-refractivity contribution in [2.45, 2.75) is 36.1 Å². The summed E-state index contributed by atoms with van der Waals surface area (Å²) in [5.41, 5.74) is 2.70. The van der Waals surface area contributed by atoms with Crippen LogP contribution in [0.4, 0.5) is 4.39 Å². The molecule has 186 valence electrons. The summed E-state index contributed by atoms with van der Waals surface area (Å²) < 4.78 is 51.1. The van der Waals surface area contributed by atoms with Gasteiger partial charge in [0.25, 0.3) is 0 Å². The molecule has 0 spiro atoms. The number of carbonyl (C=O) groups is 1. The van der Waals surface area contributed by atoms with Crippen LogP contribution in [-0.4, -0.2) is 47.1 Å². The molecule has 1 amide bonds. The summed E-state index contributed by atoms with van der Waals surface area (Å²) in [4.78, 5) is 15.4. The number of hydrogen-bond acceptors (Lipinski definition) is 6. The Labute approximate surface area is 213 Å². The fourth-order valence-electron chi connectivity index (χ4n) is 4.67. The molecule has 0 aliphatic carbocycles. The number of sulfonamides is 1. The zero-order valence-electron chi connectivity index (χ0n) is 19.4. The van der Waals surface area contributed by atoms with Gasteiger partial charge < -0.3 is 4.90 Å². The van der Waals surface area contributed by atoms with Crippen molar-refractivity contribution in [3.05, 3.63) is 89.7 Å². The predicted molar refractivity (Wildman–Crippen MR) is 137 cm³/mol. The smallest absolute Gasteiger partial charge is 0.243 e. The molecule has 1 fully saturated rings. The van der Waals surface area contributed by atoms with Crippen LogP contribution in [0.5, 0.6) is 0 Å². The Morgan fingerprint density at radius 1 is 1.00 bits per heavy atom. The van der Waals surface area contributed by atoms with Crippen LogP contribution in [0.1, 0.15) is 29.9 Å². The highest BCUT2D eigenvalue weighted by Crippen LogP contribution is 2.29. The van der Waals surface area contributed by atoms with Gasteiger partial charge in [0.15, 0.2) is 0 Å². The van der Waals surface area contributed by atoms with Crippen LogP contribution in [0.2, 0.25) is 0 Å². The monoisotopic (exact) mass is 524 g/mol. The number of halogens is 1. The molecule has 1 aliphatic heterocycles. The number of aromatic nitrogens is 2. The standard InChI is InChI=1S/C26H25FN4O3S2/c27-21-11-9-19(10-12-21)20-13-15-31(16-14-20)26(32)23(17-18-5-2-1-3-6-18)30-36(33,34)24-8-4-7-22-25(24)29-35-28-22/h1-12,20,23,30H,13-17H2/t23-/m0/s1. The van der Waals surface area contributed by atoms with E-state index in [0.717, 1.165) is 35.7 Å². The zero-order chi connectivity index (χ0) is 25.1. The molecule has 7 nitrogen and oxygen atoms in total. The maximum Gasteiger partial charge on any atom is 0.243 e.